The lowest BCUT2D eigenvalue weighted by Crippen LogP contribution is -2.18. The molecule has 0 atom stereocenters. The third-order valence-corrected chi connectivity index (χ3v) is 1.69. The van der Waals surface area contributed by atoms with E-state index in [-0.39, 0.29) is 5.75 Å². The quantitative estimate of drug-likeness (QED) is 0.800. The fraction of sp³-hybridized carbons (Fsp3) is 0.273. The summed E-state index contributed by atoms with van der Waals surface area (Å²) in [7, 11) is 0. The Morgan fingerprint density at radius 1 is 1.38 bits per heavy atom. The summed E-state index contributed by atoms with van der Waals surface area (Å²) in [6, 6.07) is 5.88. The Morgan fingerprint density at radius 2 is 2.00 bits per heavy atom. The van der Waals surface area contributed by atoms with E-state index in [0.29, 0.717) is 12.2 Å². The maximum absolute atomic E-state index is 12.1. The van der Waals surface area contributed by atoms with Gasteiger partial charge in [0.05, 0.1) is 5.69 Å². The number of para-hydroxylation sites is 2. The summed E-state index contributed by atoms with van der Waals surface area (Å²) in [4.78, 5) is 0. The molecular formula is C11H12F3NO. The van der Waals surface area contributed by atoms with Gasteiger partial charge in [-0.3, -0.25) is 0 Å². The number of hydrogen-bond donors (Lipinski definition) is 1. The van der Waals surface area contributed by atoms with Gasteiger partial charge < -0.3 is 10.1 Å². The molecule has 0 heterocycles. The summed E-state index contributed by atoms with van der Waals surface area (Å²) in [5, 5.41) is 2.81. The van der Waals surface area contributed by atoms with Crippen molar-refractivity contribution >= 4 is 5.69 Å². The molecule has 5 heteroatoms. The third-order valence-electron chi connectivity index (χ3n) is 1.69. The summed E-state index contributed by atoms with van der Waals surface area (Å²) in [6.07, 6.45) is -4.68. The Hall–Kier alpha value is -1.65. The van der Waals surface area contributed by atoms with Crippen LogP contribution in [0, 0.1) is 0 Å². The number of alkyl halides is 3. The second-order valence-electron chi connectivity index (χ2n) is 3.35. The average Bonchev–Trinajstić information content (AvgIpc) is 2.14. The molecule has 1 aromatic carbocycles. The molecule has 0 bridgehead atoms. The zero-order valence-corrected chi connectivity index (χ0v) is 8.77. The van der Waals surface area contributed by atoms with Crippen molar-refractivity contribution in [2.75, 3.05) is 11.9 Å². The molecule has 1 rings (SSSR count). The Kier molecular flexibility index (Phi) is 3.82. The van der Waals surface area contributed by atoms with E-state index < -0.39 is 6.36 Å². The van der Waals surface area contributed by atoms with Crippen LogP contribution in [0.3, 0.4) is 0 Å². The predicted molar refractivity (Wildman–Crippen MR) is 56.4 cm³/mol. The number of benzene rings is 1. The van der Waals surface area contributed by atoms with Crippen molar-refractivity contribution in [1.29, 1.82) is 0 Å². The van der Waals surface area contributed by atoms with E-state index in [2.05, 4.69) is 16.6 Å². The van der Waals surface area contributed by atoms with Crippen LogP contribution in [0.4, 0.5) is 18.9 Å². The molecule has 88 valence electrons. The smallest absolute Gasteiger partial charge is 0.404 e. The van der Waals surface area contributed by atoms with E-state index in [0.717, 1.165) is 5.57 Å². The van der Waals surface area contributed by atoms with E-state index in [1.165, 1.54) is 18.2 Å². The molecule has 0 aromatic heterocycles. The number of hydrogen-bond acceptors (Lipinski definition) is 2. The van der Waals surface area contributed by atoms with Crippen LogP contribution in [0.2, 0.25) is 0 Å². The molecule has 0 fully saturated rings. The van der Waals surface area contributed by atoms with Gasteiger partial charge in [0, 0.05) is 6.54 Å². The minimum Gasteiger partial charge on any atom is -0.404 e. The summed E-state index contributed by atoms with van der Waals surface area (Å²) < 4.78 is 40.0. The van der Waals surface area contributed by atoms with Crippen LogP contribution < -0.4 is 10.1 Å². The fourth-order valence-corrected chi connectivity index (χ4v) is 1.07. The molecule has 0 amide bonds. The summed E-state index contributed by atoms with van der Waals surface area (Å²) in [6.45, 7) is 5.83. The molecule has 0 radical (unpaired) electrons. The molecule has 1 aromatic rings. The number of halogens is 3. The zero-order valence-electron chi connectivity index (χ0n) is 8.77. The van der Waals surface area contributed by atoms with Gasteiger partial charge >= 0.3 is 6.36 Å². The van der Waals surface area contributed by atoms with Crippen molar-refractivity contribution in [3.8, 4) is 5.75 Å². The van der Waals surface area contributed by atoms with Crippen LogP contribution >= 0.6 is 0 Å². The van der Waals surface area contributed by atoms with Crippen LogP contribution in [0.15, 0.2) is 36.4 Å². The number of rotatable bonds is 4. The Labute approximate surface area is 91.7 Å². The van der Waals surface area contributed by atoms with Gasteiger partial charge in [0.2, 0.25) is 0 Å². The first-order chi connectivity index (χ1) is 7.38. The predicted octanol–water partition coefficient (Wildman–Crippen LogP) is 3.57. The number of anilines is 1. The minimum atomic E-state index is -4.68. The van der Waals surface area contributed by atoms with E-state index in [9.17, 15) is 13.2 Å². The summed E-state index contributed by atoms with van der Waals surface area (Å²) in [5.74, 6) is -0.240. The van der Waals surface area contributed by atoms with Gasteiger partial charge in [-0.25, -0.2) is 0 Å². The first-order valence-corrected chi connectivity index (χ1v) is 4.61. The van der Waals surface area contributed by atoms with Gasteiger partial charge in [0.25, 0.3) is 0 Å². The molecule has 0 unspecified atom stereocenters. The van der Waals surface area contributed by atoms with Crippen LogP contribution in [0.5, 0.6) is 5.75 Å². The first-order valence-electron chi connectivity index (χ1n) is 4.61. The molecule has 0 spiro atoms. The lowest BCUT2D eigenvalue weighted by molar-refractivity contribution is -0.274. The van der Waals surface area contributed by atoms with Gasteiger partial charge in [0.15, 0.2) is 5.75 Å². The molecular weight excluding hydrogens is 219 g/mol. The van der Waals surface area contributed by atoms with Crippen LogP contribution in [-0.4, -0.2) is 12.9 Å². The van der Waals surface area contributed by atoms with Crippen LogP contribution in [-0.2, 0) is 0 Å². The maximum Gasteiger partial charge on any atom is 0.573 e. The standard InChI is InChI=1S/C11H12F3NO/c1-8(2)7-15-9-5-3-4-6-10(9)16-11(12,13)14/h3-6,15H,1,7H2,2H3. The topological polar surface area (TPSA) is 21.3 Å². The maximum atomic E-state index is 12.1. The van der Waals surface area contributed by atoms with Crippen molar-refractivity contribution in [2.24, 2.45) is 0 Å². The Morgan fingerprint density at radius 3 is 2.56 bits per heavy atom. The van der Waals surface area contributed by atoms with E-state index in [4.69, 9.17) is 0 Å². The minimum absolute atomic E-state index is 0.240. The van der Waals surface area contributed by atoms with Crippen LogP contribution in [0.25, 0.3) is 0 Å². The van der Waals surface area contributed by atoms with Crippen molar-refractivity contribution in [3.63, 3.8) is 0 Å². The number of nitrogens with one attached hydrogen (secondary N) is 1. The van der Waals surface area contributed by atoms with Gasteiger partial charge in [-0.15, -0.1) is 13.2 Å². The van der Waals surface area contributed by atoms with Crippen molar-refractivity contribution < 1.29 is 17.9 Å². The first kappa shape index (κ1) is 12.4. The average molecular weight is 231 g/mol. The van der Waals surface area contributed by atoms with E-state index in [1.807, 2.05) is 0 Å². The highest BCUT2D eigenvalue weighted by Crippen LogP contribution is 2.29. The SMILES string of the molecule is C=C(C)CNc1ccccc1OC(F)(F)F. The van der Waals surface area contributed by atoms with Crippen molar-refractivity contribution in [1.82, 2.24) is 0 Å². The van der Waals surface area contributed by atoms with E-state index >= 15 is 0 Å². The lowest BCUT2D eigenvalue weighted by Gasteiger charge is -2.14. The highest BCUT2D eigenvalue weighted by molar-refractivity contribution is 5.56. The van der Waals surface area contributed by atoms with Gasteiger partial charge in [-0.1, -0.05) is 24.3 Å². The summed E-state index contributed by atoms with van der Waals surface area (Å²) in [5.41, 5.74) is 1.12. The number of ether oxygens (including phenoxy) is 1. The normalized spacial score (nSPS) is 11.0. The molecule has 0 saturated heterocycles. The van der Waals surface area contributed by atoms with Crippen molar-refractivity contribution in [2.45, 2.75) is 13.3 Å². The monoisotopic (exact) mass is 231 g/mol. The molecule has 0 saturated carbocycles. The van der Waals surface area contributed by atoms with Gasteiger partial charge in [-0.05, 0) is 19.1 Å². The molecule has 2 nitrogen and oxygen atoms in total. The highest BCUT2D eigenvalue weighted by atomic mass is 19.4. The second kappa shape index (κ2) is 4.92. The van der Waals surface area contributed by atoms with Gasteiger partial charge in [-0.2, -0.15) is 0 Å². The largest absolute Gasteiger partial charge is 0.573 e. The molecule has 0 aliphatic heterocycles. The van der Waals surface area contributed by atoms with Crippen molar-refractivity contribution in [3.05, 3.63) is 36.4 Å². The van der Waals surface area contributed by atoms with Gasteiger partial charge in [0.1, 0.15) is 0 Å². The molecule has 0 aliphatic rings. The Balaban J connectivity index is 2.79. The zero-order chi connectivity index (χ0) is 12.2. The molecule has 0 aliphatic carbocycles. The Bertz CT molecular complexity index is 374. The fourth-order valence-electron chi connectivity index (χ4n) is 1.07. The lowest BCUT2D eigenvalue weighted by atomic mass is 10.2. The second-order valence-corrected chi connectivity index (χ2v) is 3.35. The van der Waals surface area contributed by atoms with Crippen LogP contribution in [0.1, 0.15) is 6.92 Å². The highest BCUT2D eigenvalue weighted by Gasteiger charge is 2.31. The van der Waals surface area contributed by atoms with E-state index in [1.54, 1.807) is 13.0 Å². The summed E-state index contributed by atoms with van der Waals surface area (Å²) >= 11 is 0. The molecule has 1 N–H and O–H groups in total. The molecule has 16 heavy (non-hydrogen) atoms. The third kappa shape index (κ3) is 4.25.